The Labute approximate surface area is 78.1 Å². The number of amides is 1. The lowest BCUT2D eigenvalue weighted by molar-refractivity contribution is -0.118. The van der Waals surface area contributed by atoms with Gasteiger partial charge in [0.15, 0.2) is 0 Å². The molecule has 1 N–H and O–H groups in total. The molecule has 0 aliphatic heterocycles. The van der Waals surface area contributed by atoms with Crippen molar-refractivity contribution in [3.8, 4) is 0 Å². The summed E-state index contributed by atoms with van der Waals surface area (Å²) >= 11 is 1.68. The Bertz CT molecular complexity index is 177. The van der Waals surface area contributed by atoms with Gasteiger partial charge < -0.3 is 5.32 Å². The lowest BCUT2D eigenvalue weighted by Gasteiger charge is -2.07. The van der Waals surface area contributed by atoms with E-state index in [0.717, 1.165) is 0 Å². The Morgan fingerprint density at radius 3 is 2.92 bits per heavy atom. The van der Waals surface area contributed by atoms with Gasteiger partial charge in [-0.2, -0.15) is 0 Å². The highest BCUT2D eigenvalue weighted by atomic mass is 32.2. The number of carbonyl (C=O) groups excluding carboxylic acids is 1. The van der Waals surface area contributed by atoms with Gasteiger partial charge >= 0.3 is 0 Å². The van der Waals surface area contributed by atoms with Gasteiger partial charge in [-0.15, -0.1) is 11.8 Å². The van der Waals surface area contributed by atoms with E-state index in [1.54, 1.807) is 17.8 Å². The van der Waals surface area contributed by atoms with Crippen molar-refractivity contribution < 1.29 is 4.79 Å². The number of allylic oxidation sites excluding steroid dienone is 2. The van der Waals surface area contributed by atoms with Gasteiger partial charge in [-0.3, -0.25) is 4.79 Å². The summed E-state index contributed by atoms with van der Waals surface area (Å²) in [5.74, 6) is 0.0233. The van der Waals surface area contributed by atoms with Crippen LogP contribution in [0.4, 0.5) is 0 Å². The van der Waals surface area contributed by atoms with E-state index in [9.17, 15) is 4.79 Å². The van der Waals surface area contributed by atoms with Gasteiger partial charge in [0.25, 0.3) is 0 Å². The van der Waals surface area contributed by atoms with Gasteiger partial charge in [0.1, 0.15) is 0 Å². The average Bonchev–Trinajstić information content (AvgIpc) is 2.01. The van der Waals surface area contributed by atoms with Crippen LogP contribution < -0.4 is 5.32 Å². The summed E-state index contributed by atoms with van der Waals surface area (Å²) < 4.78 is 0. The monoisotopic (exact) mass is 185 g/mol. The van der Waals surface area contributed by atoms with Crippen molar-refractivity contribution >= 4 is 17.7 Å². The molecule has 0 saturated heterocycles. The number of thioether (sulfide) groups is 1. The largest absolute Gasteiger partial charge is 0.355 e. The van der Waals surface area contributed by atoms with Crippen LogP contribution in [0.25, 0.3) is 0 Å². The highest BCUT2D eigenvalue weighted by Gasteiger charge is 1.99. The fourth-order valence-electron chi connectivity index (χ4n) is 0.571. The standard InChI is InChI=1S/C9H15NOS/c1-4-5-6-12-8(2)7-10-9(3)11/h4-6,8H,1,7H2,2-3H3,(H,10,11)/b6-5-. The number of hydrogen-bond donors (Lipinski definition) is 1. The van der Waals surface area contributed by atoms with Crippen molar-refractivity contribution in [3.05, 3.63) is 24.1 Å². The summed E-state index contributed by atoms with van der Waals surface area (Å²) in [6, 6.07) is 0. The van der Waals surface area contributed by atoms with Crippen LogP contribution in [-0.4, -0.2) is 17.7 Å². The van der Waals surface area contributed by atoms with E-state index < -0.39 is 0 Å². The smallest absolute Gasteiger partial charge is 0.216 e. The number of rotatable bonds is 5. The van der Waals surface area contributed by atoms with Crippen LogP contribution in [0.3, 0.4) is 0 Å². The van der Waals surface area contributed by atoms with Gasteiger partial charge in [0.05, 0.1) is 0 Å². The van der Waals surface area contributed by atoms with Crippen LogP contribution in [0.15, 0.2) is 24.1 Å². The van der Waals surface area contributed by atoms with Gasteiger partial charge in [-0.05, 0) is 5.41 Å². The maximum absolute atomic E-state index is 10.5. The minimum atomic E-state index is 0.0233. The molecule has 0 spiro atoms. The Morgan fingerprint density at radius 2 is 2.42 bits per heavy atom. The molecule has 0 radical (unpaired) electrons. The zero-order chi connectivity index (χ0) is 9.40. The molecule has 12 heavy (non-hydrogen) atoms. The zero-order valence-corrected chi connectivity index (χ0v) is 8.36. The summed E-state index contributed by atoms with van der Waals surface area (Å²) in [5.41, 5.74) is 0. The first kappa shape index (κ1) is 11.3. The maximum atomic E-state index is 10.5. The number of nitrogens with one attached hydrogen (secondary N) is 1. The molecule has 0 fully saturated rings. The molecule has 0 aromatic rings. The van der Waals surface area contributed by atoms with Crippen LogP contribution in [0, 0.1) is 0 Å². The molecule has 0 heterocycles. The topological polar surface area (TPSA) is 29.1 Å². The molecular weight excluding hydrogens is 170 g/mol. The van der Waals surface area contributed by atoms with Gasteiger partial charge in [0, 0.05) is 18.7 Å². The van der Waals surface area contributed by atoms with Crippen LogP contribution in [-0.2, 0) is 4.79 Å². The van der Waals surface area contributed by atoms with E-state index >= 15 is 0 Å². The average molecular weight is 185 g/mol. The maximum Gasteiger partial charge on any atom is 0.216 e. The first-order valence-corrected chi connectivity index (χ1v) is 4.78. The van der Waals surface area contributed by atoms with E-state index in [-0.39, 0.29) is 5.91 Å². The van der Waals surface area contributed by atoms with E-state index in [4.69, 9.17) is 0 Å². The van der Waals surface area contributed by atoms with Crippen molar-refractivity contribution in [2.45, 2.75) is 19.1 Å². The van der Waals surface area contributed by atoms with E-state index in [0.29, 0.717) is 11.8 Å². The lowest BCUT2D eigenvalue weighted by Crippen LogP contribution is -2.26. The van der Waals surface area contributed by atoms with Gasteiger partial charge in [0.2, 0.25) is 5.91 Å². The van der Waals surface area contributed by atoms with Crippen molar-refractivity contribution in [1.82, 2.24) is 5.32 Å². The summed E-state index contributed by atoms with van der Waals surface area (Å²) in [4.78, 5) is 10.5. The molecule has 0 rings (SSSR count). The molecule has 0 aromatic heterocycles. The molecule has 2 nitrogen and oxygen atoms in total. The lowest BCUT2D eigenvalue weighted by atomic mass is 10.4. The Hall–Kier alpha value is -0.700. The summed E-state index contributed by atoms with van der Waals surface area (Å²) in [6.45, 7) is 7.86. The molecule has 1 amide bonds. The quantitative estimate of drug-likeness (QED) is 0.663. The molecule has 68 valence electrons. The van der Waals surface area contributed by atoms with Crippen LogP contribution in [0.1, 0.15) is 13.8 Å². The van der Waals surface area contributed by atoms with E-state index in [1.165, 1.54) is 6.92 Å². The normalized spacial score (nSPS) is 12.8. The highest BCUT2D eigenvalue weighted by molar-refractivity contribution is 8.02. The Morgan fingerprint density at radius 1 is 1.75 bits per heavy atom. The minimum absolute atomic E-state index is 0.0233. The number of hydrogen-bond acceptors (Lipinski definition) is 2. The zero-order valence-electron chi connectivity index (χ0n) is 7.54. The second-order valence-electron chi connectivity index (χ2n) is 2.45. The van der Waals surface area contributed by atoms with Gasteiger partial charge in [-0.1, -0.05) is 25.7 Å². The van der Waals surface area contributed by atoms with E-state index in [2.05, 4.69) is 18.8 Å². The first-order valence-electron chi connectivity index (χ1n) is 3.84. The second kappa shape index (κ2) is 6.98. The van der Waals surface area contributed by atoms with Crippen molar-refractivity contribution in [2.24, 2.45) is 0 Å². The summed E-state index contributed by atoms with van der Waals surface area (Å²) in [7, 11) is 0. The Balaban J connectivity index is 3.45. The highest BCUT2D eigenvalue weighted by Crippen LogP contribution is 2.10. The third-order valence-electron chi connectivity index (χ3n) is 1.16. The molecule has 3 heteroatoms. The molecule has 0 aliphatic carbocycles. The molecule has 0 aliphatic rings. The predicted molar refractivity (Wildman–Crippen MR) is 55.1 cm³/mol. The minimum Gasteiger partial charge on any atom is -0.355 e. The molecule has 1 unspecified atom stereocenters. The van der Waals surface area contributed by atoms with Crippen LogP contribution in [0.2, 0.25) is 0 Å². The fourth-order valence-corrected chi connectivity index (χ4v) is 1.22. The fraction of sp³-hybridized carbons (Fsp3) is 0.444. The Kier molecular flexibility index (Phi) is 6.57. The third-order valence-corrected chi connectivity index (χ3v) is 2.11. The van der Waals surface area contributed by atoms with Crippen molar-refractivity contribution in [1.29, 1.82) is 0 Å². The summed E-state index contributed by atoms with van der Waals surface area (Å²) in [5, 5.41) is 5.13. The summed E-state index contributed by atoms with van der Waals surface area (Å²) in [6.07, 6.45) is 3.62. The molecule has 0 bridgehead atoms. The second-order valence-corrected chi connectivity index (χ2v) is 3.80. The van der Waals surface area contributed by atoms with Crippen molar-refractivity contribution in [3.63, 3.8) is 0 Å². The molecule has 1 atom stereocenters. The predicted octanol–water partition coefficient (Wildman–Crippen LogP) is 1.94. The molecule has 0 saturated carbocycles. The van der Waals surface area contributed by atoms with Gasteiger partial charge in [-0.25, -0.2) is 0 Å². The van der Waals surface area contributed by atoms with E-state index in [1.807, 2.05) is 11.5 Å². The molecular formula is C9H15NOS. The SMILES string of the molecule is C=C/C=C\SC(C)CNC(C)=O. The van der Waals surface area contributed by atoms with Crippen molar-refractivity contribution in [2.75, 3.05) is 6.54 Å². The third kappa shape index (κ3) is 7.41. The van der Waals surface area contributed by atoms with Crippen LogP contribution in [0.5, 0.6) is 0 Å². The first-order chi connectivity index (χ1) is 5.66. The molecule has 0 aromatic carbocycles. The van der Waals surface area contributed by atoms with Crippen LogP contribution >= 0.6 is 11.8 Å². The number of carbonyl (C=O) groups is 1.